The summed E-state index contributed by atoms with van der Waals surface area (Å²) in [4.78, 5) is 19.1. The van der Waals surface area contributed by atoms with Crippen LogP contribution in [0.3, 0.4) is 0 Å². The number of carbonyl (C=O) groups excluding carboxylic acids is 1. The maximum Gasteiger partial charge on any atom is 0.273 e. The van der Waals surface area contributed by atoms with E-state index in [1.807, 2.05) is 22.4 Å². The van der Waals surface area contributed by atoms with Crippen molar-refractivity contribution in [1.29, 1.82) is 0 Å². The molecule has 0 aliphatic carbocycles. The minimum absolute atomic E-state index is 0.0296. The molecule has 116 valence electrons. The molecule has 0 bridgehead atoms. The Bertz CT molecular complexity index is 673. The van der Waals surface area contributed by atoms with E-state index in [9.17, 15) is 4.79 Å². The third kappa shape index (κ3) is 3.24. The van der Waals surface area contributed by atoms with Crippen LogP contribution in [0.2, 0.25) is 0 Å². The Labute approximate surface area is 142 Å². The van der Waals surface area contributed by atoms with Crippen molar-refractivity contribution >= 4 is 33.2 Å². The van der Waals surface area contributed by atoms with Crippen LogP contribution < -0.4 is 5.73 Å². The Morgan fingerprint density at radius 3 is 3.14 bits per heavy atom. The first-order valence-corrected chi connectivity index (χ1v) is 9.07. The molecule has 1 amide bonds. The smallest absolute Gasteiger partial charge is 0.273 e. The molecule has 2 aromatic rings. The first-order valence-electron chi connectivity index (χ1n) is 7.40. The molecule has 1 unspecified atom stereocenters. The molecule has 0 spiro atoms. The van der Waals surface area contributed by atoms with E-state index in [0.717, 1.165) is 35.3 Å². The van der Waals surface area contributed by atoms with E-state index in [2.05, 4.69) is 33.0 Å². The summed E-state index contributed by atoms with van der Waals surface area (Å²) in [5.74, 6) is 0.0296. The van der Waals surface area contributed by atoms with Crippen molar-refractivity contribution in [2.24, 2.45) is 5.73 Å². The second-order valence-electron chi connectivity index (χ2n) is 5.38. The standard InChI is InChI=1S/C16H18BrN3OS/c17-12-4-1-3-11(9-12)14-5-2-8-20(14)16(21)13-10-22-15(19-13)6-7-18/h1,3-4,9-10,14H,2,5-8,18H2. The van der Waals surface area contributed by atoms with E-state index in [1.165, 1.54) is 16.9 Å². The van der Waals surface area contributed by atoms with Gasteiger partial charge in [0.15, 0.2) is 0 Å². The highest BCUT2D eigenvalue weighted by Gasteiger charge is 2.31. The number of aromatic nitrogens is 1. The van der Waals surface area contributed by atoms with Crippen molar-refractivity contribution < 1.29 is 4.79 Å². The Balaban J connectivity index is 1.81. The lowest BCUT2D eigenvalue weighted by Gasteiger charge is -2.24. The average molecular weight is 380 g/mol. The lowest BCUT2D eigenvalue weighted by Crippen LogP contribution is -2.30. The van der Waals surface area contributed by atoms with Crippen LogP contribution in [-0.2, 0) is 6.42 Å². The van der Waals surface area contributed by atoms with Crippen LogP contribution in [-0.4, -0.2) is 28.9 Å². The Kier molecular flexibility index (Phi) is 4.90. The van der Waals surface area contributed by atoms with E-state index in [1.54, 1.807) is 0 Å². The highest BCUT2D eigenvalue weighted by Crippen LogP contribution is 2.34. The summed E-state index contributed by atoms with van der Waals surface area (Å²) >= 11 is 5.02. The van der Waals surface area contributed by atoms with Gasteiger partial charge in [0, 0.05) is 22.8 Å². The predicted octanol–water partition coefficient (Wildman–Crippen LogP) is 3.38. The minimum Gasteiger partial charge on any atom is -0.330 e. The van der Waals surface area contributed by atoms with Crippen LogP contribution in [0.1, 0.15) is 39.9 Å². The van der Waals surface area contributed by atoms with Crippen molar-refractivity contribution in [3.63, 3.8) is 0 Å². The van der Waals surface area contributed by atoms with E-state index >= 15 is 0 Å². The molecule has 6 heteroatoms. The van der Waals surface area contributed by atoms with Crippen LogP contribution in [0, 0.1) is 0 Å². The zero-order valence-electron chi connectivity index (χ0n) is 12.2. The predicted molar refractivity (Wildman–Crippen MR) is 92.0 cm³/mol. The summed E-state index contributed by atoms with van der Waals surface area (Å²) in [6.07, 6.45) is 2.76. The van der Waals surface area contributed by atoms with Gasteiger partial charge >= 0.3 is 0 Å². The van der Waals surface area contributed by atoms with E-state index in [4.69, 9.17) is 5.73 Å². The molecular formula is C16H18BrN3OS. The molecule has 0 radical (unpaired) electrons. The maximum atomic E-state index is 12.8. The van der Waals surface area contributed by atoms with E-state index in [-0.39, 0.29) is 11.9 Å². The molecule has 1 fully saturated rings. The molecule has 1 atom stereocenters. The molecule has 1 aromatic carbocycles. The van der Waals surface area contributed by atoms with Crippen molar-refractivity contribution in [3.8, 4) is 0 Å². The lowest BCUT2D eigenvalue weighted by molar-refractivity contribution is 0.0730. The van der Waals surface area contributed by atoms with Crippen LogP contribution in [0.15, 0.2) is 34.1 Å². The number of hydrogen-bond acceptors (Lipinski definition) is 4. The third-order valence-electron chi connectivity index (χ3n) is 3.88. The van der Waals surface area contributed by atoms with Crippen LogP contribution in [0.5, 0.6) is 0 Å². The molecule has 3 rings (SSSR count). The average Bonchev–Trinajstić information content (AvgIpc) is 3.16. The molecule has 1 aliphatic rings. The molecule has 22 heavy (non-hydrogen) atoms. The number of nitrogens with zero attached hydrogens (tertiary/aromatic N) is 2. The Morgan fingerprint density at radius 2 is 2.36 bits per heavy atom. The fourth-order valence-electron chi connectivity index (χ4n) is 2.86. The summed E-state index contributed by atoms with van der Waals surface area (Å²) in [5, 5.41) is 2.79. The van der Waals surface area contributed by atoms with Gasteiger partial charge in [-0.1, -0.05) is 28.1 Å². The summed E-state index contributed by atoms with van der Waals surface area (Å²) < 4.78 is 1.04. The molecule has 1 aliphatic heterocycles. The minimum atomic E-state index is 0.0296. The maximum absolute atomic E-state index is 12.8. The number of carbonyl (C=O) groups is 1. The van der Waals surface area contributed by atoms with Gasteiger partial charge < -0.3 is 10.6 Å². The summed E-state index contributed by atoms with van der Waals surface area (Å²) in [6, 6.07) is 8.34. The summed E-state index contributed by atoms with van der Waals surface area (Å²) in [7, 11) is 0. The van der Waals surface area contributed by atoms with Gasteiger partial charge in [0.2, 0.25) is 0 Å². The third-order valence-corrected chi connectivity index (χ3v) is 5.28. The van der Waals surface area contributed by atoms with Crippen LogP contribution >= 0.6 is 27.3 Å². The fraction of sp³-hybridized carbons (Fsp3) is 0.375. The molecule has 1 aromatic heterocycles. The van der Waals surface area contributed by atoms with Crippen LogP contribution in [0.25, 0.3) is 0 Å². The highest BCUT2D eigenvalue weighted by atomic mass is 79.9. The van der Waals surface area contributed by atoms with Crippen molar-refractivity contribution in [2.45, 2.75) is 25.3 Å². The molecule has 2 N–H and O–H groups in total. The Morgan fingerprint density at radius 1 is 1.50 bits per heavy atom. The highest BCUT2D eigenvalue weighted by molar-refractivity contribution is 9.10. The van der Waals surface area contributed by atoms with Gasteiger partial charge in [-0.2, -0.15) is 0 Å². The molecule has 0 saturated carbocycles. The number of benzene rings is 1. The number of amides is 1. The van der Waals surface area contributed by atoms with Crippen LogP contribution in [0.4, 0.5) is 0 Å². The zero-order chi connectivity index (χ0) is 15.5. The second kappa shape index (κ2) is 6.89. The van der Waals surface area contributed by atoms with Gasteiger partial charge in [-0.3, -0.25) is 4.79 Å². The largest absolute Gasteiger partial charge is 0.330 e. The van der Waals surface area contributed by atoms with Gasteiger partial charge in [-0.15, -0.1) is 11.3 Å². The zero-order valence-corrected chi connectivity index (χ0v) is 14.6. The van der Waals surface area contributed by atoms with Gasteiger partial charge in [-0.25, -0.2) is 4.98 Å². The number of nitrogens with two attached hydrogens (primary N) is 1. The molecule has 1 saturated heterocycles. The molecule has 4 nitrogen and oxygen atoms in total. The molecule has 2 heterocycles. The fourth-order valence-corrected chi connectivity index (χ4v) is 4.07. The first-order chi connectivity index (χ1) is 10.7. The van der Waals surface area contributed by atoms with Gasteiger partial charge in [0.1, 0.15) is 5.69 Å². The van der Waals surface area contributed by atoms with E-state index in [0.29, 0.717) is 12.2 Å². The summed E-state index contributed by atoms with van der Waals surface area (Å²) in [5.41, 5.74) is 7.28. The first kappa shape index (κ1) is 15.6. The normalized spacial score (nSPS) is 17.9. The number of thiazole rings is 1. The van der Waals surface area contributed by atoms with Gasteiger partial charge in [-0.05, 0) is 37.1 Å². The topological polar surface area (TPSA) is 59.2 Å². The number of halogens is 1. The van der Waals surface area contributed by atoms with Crippen molar-refractivity contribution in [1.82, 2.24) is 9.88 Å². The van der Waals surface area contributed by atoms with Gasteiger partial charge in [0.25, 0.3) is 5.91 Å². The molecular weight excluding hydrogens is 362 g/mol. The lowest BCUT2D eigenvalue weighted by atomic mass is 10.0. The van der Waals surface area contributed by atoms with Crippen molar-refractivity contribution in [2.75, 3.05) is 13.1 Å². The summed E-state index contributed by atoms with van der Waals surface area (Å²) in [6.45, 7) is 1.35. The van der Waals surface area contributed by atoms with Gasteiger partial charge in [0.05, 0.1) is 11.0 Å². The number of hydrogen-bond donors (Lipinski definition) is 1. The monoisotopic (exact) mass is 379 g/mol. The SMILES string of the molecule is NCCc1nc(C(=O)N2CCCC2c2cccc(Br)c2)cs1. The van der Waals surface area contributed by atoms with Crippen molar-refractivity contribution in [3.05, 3.63) is 50.4 Å². The van der Waals surface area contributed by atoms with E-state index < -0.39 is 0 Å². The number of rotatable bonds is 4. The quantitative estimate of drug-likeness (QED) is 0.885. The second-order valence-corrected chi connectivity index (χ2v) is 7.24. The Hall–Kier alpha value is -1.24. The number of likely N-dealkylation sites (tertiary alicyclic amines) is 1.